The second kappa shape index (κ2) is 1.79. The Hall–Kier alpha value is -0.765. The summed E-state index contributed by atoms with van der Waals surface area (Å²) in [6.07, 6.45) is 2.45. The Balaban J connectivity index is 2.51. The molecule has 0 atom stereocenters. The van der Waals surface area contributed by atoms with E-state index < -0.39 is 0 Å². The van der Waals surface area contributed by atoms with Gasteiger partial charge in [-0.3, -0.25) is 4.81 Å². The normalized spacial score (nSPS) is 18.0. The number of rotatable bonds is 0. The fraction of sp³-hybridized carbons (Fsp3) is 0. The van der Waals surface area contributed by atoms with Gasteiger partial charge in [-0.05, 0) is 0 Å². The Morgan fingerprint density at radius 1 is 1.71 bits per heavy atom. The fourth-order valence-corrected chi connectivity index (χ4v) is 0.241. The SMILES string of the molecule is O=C1[B]OOC=C1. The average Bonchev–Trinajstić information content (AvgIpc) is 1.69. The Morgan fingerprint density at radius 3 is 2.86 bits per heavy atom. The van der Waals surface area contributed by atoms with Gasteiger partial charge in [0.25, 0.3) is 0 Å². The number of hydrogen-bond donors (Lipinski definition) is 0. The summed E-state index contributed by atoms with van der Waals surface area (Å²) in [6, 6.07) is 0. The van der Waals surface area contributed by atoms with Gasteiger partial charge in [0.2, 0.25) is 0 Å². The van der Waals surface area contributed by atoms with Crippen LogP contribution in [0.4, 0.5) is 0 Å². The van der Waals surface area contributed by atoms with Crippen molar-refractivity contribution in [3.63, 3.8) is 0 Å². The zero-order chi connectivity index (χ0) is 5.11. The number of carbonyl (C=O) groups is 1. The molecule has 3 nitrogen and oxygen atoms in total. The molecule has 1 radical (unpaired) electrons. The quantitative estimate of drug-likeness (QED) is 0.305. The van der Waals surface area contributed by atoms with Crippen molar-refractivity contribution in [2.45, 2.75) is 0 Å². The highest BCUT2D eigenvalue weighted by Crippen LogP contribution is 1.87. The van der Waals surface area contributed by atoms with Gasteiger partial charge >= 0.3 is 7.48 Å². The minimum absolute atomic E-state index is 0.189. The zero-order valence-electron chi connectivity index (χ0n) is 3.46. The van der Waals surface area contributed by atoms with Gasteiger partial charge in [-0.1, -0.05) is 0 Å². The van der Waals surface area contributed by atoms with Gasteiger partial charge in [-0.15, -0.1) is 0 Å². The lowest BCUT2D eigenvalue weighted by Crippen LogP contribution is -2.13. The topological polar surface area (TPSA) is 35.5 Å². The minimum atomic E-state index is -0.189. The van der Waals surface area contributed by atoms with Crippen LogP contribution in [0.3, 0.4) is 0 Å². The highest BCUT2D eigenvalue weighted by Gasteiger charge is 2.06. The number of allylic oxidation sites excluding steroid dienone is 1. The molecule has 0 bridgehead atoms. The maximum atomic E-state index is 10.1. The molecule has 0 fully saturated rings. The average molecular weight is 96.9 g/mol. The molecule has 0 saturated carbocycles. The third-order valence-corrected chi connectivity index (χ3v) is 0.508. The van der Waals surface area contributed by atoms with E-state index in [-0.39, 0.29) is 5.68 Å². The van der Waals surface area contributed by atoms with Crippen molar-refractivity contribution in [3.05, 3.63) is 12.3 Å². The summed E-state index contributed by atoms with van der Waals surface area (Å²) in [5.41, 5.74) is -0.189. The van der Waals surface area contributed by atoms with Crippen LogP contribution in [-0.4, -0.2) is 13.2 Å². The first kappa shape index (κ1) is 4.40. The first-order valence-corrected chi connectivity index (χ1v) is 1.75. The first-order valence-electron chi connectivity index (χ1n) is 1.75. The molecule has 0 aromatic carbocycles. The molecule has 1 rings (SSSR count). The van der Waals surface area contributed by atoms with Gasteiger partial charge in [0.15, 0.2) is 5.68 Å². The van der Waals surface area contributed by atoms with E-state index in [2.05, 4.69) is 9.69 Å². The molecule has 1 aliphatic heterocycles. The second-order valence-corrected chi connectivity index (χ2v) is 1.02. The third kappa shape index (κ3) is 1.05. The summed E-state index contributed by atoms with van der Waals surface area (Å²) in [7, 11) is 0.986. The van der Waals surface area contributed by atoms with Crippen molar-refractivity contribution < 1.29 is 14.5 Å². The molecule has 0 aromatic rings. The molecular weight excluding hydrogens is 94.8 g/mol. The summed E-state index contributed by atoms with van der Waals surface area (Å²) in [6.45, 7) is 0. The Bertz CT molecular complexity index is 109. The molecule has 7 heavy (non-hydrogen) atoms. The van der Waals surface area contributed by atoms with Crippen LogP contribution in [-0.2, 0) is 14.5 Å². The lowest BCUT2D eigenvalue weighted by molar-refractivity contribution is -0.158. The third-order valence-electron chi connectivity index (χ3n) is 0.508. The van der Waals surface area contributed by atoms with Crippen LogP contribution in [0.15, 0.2) is 12.3 Å². The van der Waals surface area contributed by atoms with E-state index in [1.165, 1.54) is 12.3 Å². The predicted octanol–water partition coefficient (Wildman–Crippen LogP) is -0.392. The van der Waals surface area contributed by atoms with Crippen molar-refractivity contribution in [2.24, 2.45) is 0 Å². The predicted molar refractivity (Wildman–Crippen MR) is 22.1 cm³/mol. The molecular formula is C3H2BO3. The zero-order valence-corrected chi connectivity index (χ0v) is 3.46. The van der Waals surface area contributed by atoms with Gasteiger partial charge in [0, 0.05) is 6.08 Å². The van der Waals surface area contributed by atoms with E-state index >= 15 is 0 Å². The van der Waals surface area contributed by atoms with Crippen molar-refractivity contribution in [1.82, 2.24) is 0 Å². The second-order valence-electron chi connectivity index (χ2n) is 1.02. The largest absolute Gasteiger partial charge is 0.448 e. The molecule has 0 amide bonds. The molecule has 0 saturated heterocycles. The van der Waals surface area contributed by atoms with Crippen LogP contribution in [0.1, 0.15) is 0 Å². The molecule has 0 spiro atoms. The van der Waals surface area contributed by atoms with Crippen LogP contribution in [0, 0.1) is 0 Å². The fourth-order valence-electron chi connectivity index (χ4n) is 0.241. The Labute approximate surface area is 41.1 Å². The molecule has 0 N–H and O–H groups in total. The van der Waals surface area contributed by atoms with Crippen molar-refractivity contribution >= 4 is 13.2 Å². The van der Waals surface area contributed by atoms with Gasteiger partial charge in [0.05, 0.1) is 0 Å². The summed E-state index contributed by atoms with van der Waals surface area (Å²) >= 11 is 0. The molecule has 35 valence electrons. The monoisotopic (exact) mass is 97.0 g/mol. The van der Waals surface area contributed by atoms with Crippen LogP contribution in [0.2, 0.25) is 0 Å². The summed E-state index contributed by atoms with van der Waals surface area (Å²) in [5, 5.41) is 0. The summed E-state index contributed by atoms with van der Waals surface area (Å²) in [4.78, 5) is 18.4. The minimum Gasteiger partial charge on any atom is -0.362 e. The lowest BCUT2D eigenvalue weighted by atomic mass is 9.94. The molecule has 0 aromatic heterocycles. The highest BCUT2D eigenvalue weighted by molar-refractivity contribution is 6.71. The Morgan fingerprint density at radius 2 is 2.57 bits per heavy atom. The van der Waals surface area contributed by atoms with Crippen LogP contribution in [0.5, 0.6) is 0 Å². The molecule has 4 heteroatoms. The van der Waals surface area contributed by atoms with E-state index in [0.717, 1.165) is 7.48 Å². The maximum Gasteiger partial charge on any atom is 0.448 e. The molecule has 1 aliphatic rings. The lowest BCUT2D eigenvalue weighted by Gasteiger charge is -1.99. The van der Waals surface area contributed by atoms with Gasteiger partial charge < -0.3 is 9.68 Å². The maximum absolute atomic E-state index is 10.1. The van der Waals surface area contributed by atoms with Gasteiger partial charge in [-0.2, -0.15) is 0 Å². The van der Waals surface area contributed by atoms with E-state index in [0.29, 0.717) is 0 Å². The van der Waals surface area contributed by atoms with Crippen molar-refractivity contribution in [2.75, 3.05) is 0 Å². The number of carbonyl (C=O) groups excluding carboxylic acids is 1. The smallest absolute Gasteiger partial charge is 0.362 e. The van der Waals surface area contributed by atoms with Gasteiger partial charge in [0.1, 0.15) is 6.26 Å². The first-order chi connectivity index (χ1) is 3.39. The molecule has 0 unspecified atom stereocenters. The van der Waals surface area contributed by atoms with E-state index in [4.69, 9.17) is 0 Å². The van der Waals surface area contributed by atoms with Crippen molar-refractivity contribution in [3.8, 4) is 0 Å². The number of hydrogen-bond acceptors (Lipinski definition) is 3. The van der Waals surface area contributed by atoms with Gasteiger partial charge in [-0.25, -0.2) is 0 Å². The van der Waals surface area contributed by atoms with Crippen LogP contribution >= 0.6 is 0 Å². The standard InChI is InChI=1S/C3H2BO3/c5-3-1-2-6-7-4-3/h1-2H. The van der Waals surface area contributed by atoms with Crippen molar-refractivity contribution in [1.29, 1.82) is 0 Å². The Kier molecular flexibility index (Phi) is 1.13. The highest BCUT2D eigenvalue weighted by atomic mass is 17.2. The van der Waals surface area contributed by atoms with E-state index in [1.54, 1.807) is 0 Å². The van der Waals surface area contributed by atoms with E-state index in [9.17, 15) is 4.79 Å². The van der Waals surface area contributed by atoms with Crippen LogP contribution < -0.4 is 0 Å². The molecule has 1 heterocycles. The summed E-state index contributed by atoms with van der Waals surface area (Å²) in [5.74, 6) is 0. The summed E-state index contributed by atoms with van der Waals surface area (Å²) < 4.78 is 0. The van der Waals surface area contributed by atoms with E-state index in [1.807, 2.05) is 0 Å². The molecule has 0 aliphatic carbocycles. The van der Waals surface area contributed by atoms with Crippen LogP contribution in [0.25, 0.3) is 0 Å².